The molecule has 1 aliphatic rings. The summed E-state index contributed by atoms with van der Waals surface area (Å²) in [5.41, 5.74) is 1.03. The maximum Gasteiger partial charge on any atom is 0.225 e. The summed E-state index contributed by atoms with van der Waals surface area (Å²) < 4.78 is 0. The number of likely N-dealkylation sites (N-methyl/N-ethyl adjacent to an activating group) is 1. The van der Waals surface area contributed by atoms with E-state index in [0.29, 0.717) is 6.04 Å². The third-order valence-corrected chi connectivity index (χ3v) is 3.97. The van der Waals surface area contributed by atoms with Crippen LogP contribution in [-0.2, 0) is 0 Å². The zero-order valence-electron chi connectivity index (χ0n) is 13.2. The van der Waals surface area contributed by atoms with Gasteiger partial charge in [0.1, 0.15) is 5.82 Å². The lowest BCUT2D eigenvalue weighted by Gasteiger charge is -2.35. The summed E-state index contributed by atoms with van der Waals surface area (Å²) in [5, 5.41) is 3.37. The molecule has 0 saturated carbocycles. The van der Waals surface area contributed by atoms with Crippen LogP contribution in [0.15, 0.2) is 6.07 Å². The van der Waals surface area contributed by atoms with Crippen LogP contribution in [0.3, 0.4) is 0 Å². The number of nitrogens with zero attached hydrogens (tertiary/aromatic N) is 4. The molecule has 0 bridgehead atoms. The van der Waals surface area contributed by atoms with E-state index >= 15 is 0 Å². The molecule has 0 radical (unpaired) electrons. The van der Waals surface area contributed by atoms with Crippen molar-refractivity contribution in [3.05, 3.63) is 11.8 Å². The van der Waals surface area contributed by atoms with Gasteiger partial charge >= 0.3 is 0 Å². The average molecular weight is 277 g/mol. The first kappa shape index (κ1) is 15.0. The highest BCUT2D eigenvalue weighted by Gasteiger charge is 2.18. The highest BCUT2D eigenvalue weighted by molar-refractivity contribution is 5.45. The number of piperazine rings is 1. The van der Waals surface area contributed by atoms with Gasteiger partial charge in [-0.15, -0.1) is 0 Å². The largest absolute Gasteiger partial charge is 0.354 e. The van der Waals surface area contributed by atoms with Gasteiger partial charge in [0.2, 0.25) is 5.95 Å². The number of hydrogen-bond acceptors (Lipinski definition) is 5. The van der Waals surface area contributed by atoms with Crippen LogP contribution in [0.5, 0.6) is 0 Å². The van der Waals surface area contributed by atoms with E-state index in [2.05, 4.69) is 51.9 Å². The fourth-order valence-electron chi connectivity index (χ4n) is 2.39. The number of anilines is 2. The average Bonchev–Trinajstić information content (AvgIpc) is 2.46. The molecule has 0 amide bonds. The molecule has 5 nitrogen and oxygen atoms in total. The molecule has 1 atom stereocenters. The second-order valence-electron chi connectivity index (χ2n) is 5.57. The summed E-state index contributed by atoms with van der Waals surface area (Å²) in [7, 11) is 0. The van der Waals surface area contributed by atoms with Crippen LogP contribution < -0.4 is 10.2 Å². The van der Waals surface area contributed by atoms with Gasteiger partial charge in [0.25, 0.3) is 0 Å². The van der Waals surface area contributed by atoms with Crippen molar-refractivity contribution in [1.82, 2.24) is 14.9 Å². The second kappa shape index (κ2) is 6.88. The maximum absolute atomic E-state index is 4.68. The summed E-state index contributed by atoms with van der Waals surface area (Å²) in [6, 6.07) is 2.49. The fraction of sp³-hybridized carbons (Fsp3) is 0.733. The van der Waals surface area contributed by atoms with Crippen LogP contribution in [0.25, 0.3) is 0 Å². The Bertz CT molecular complexity index is 426. The molecule has 2 heterocycles. The number of aromatic nitrogens is 2. The minimum absolute atomic E-state index is 0.404. The van der Waals surface area contributed by atoms with Gasteiger partial charge < -0.3 is 15.1 Å². The summed E-state index contributed by atoms with van der Waals surface area (Å²) in [6.45, 7) is 14.1. The minimum Gasteiger partial charge on any atom is -0.354 e. The van der Waals surface area contributed by atoms with Crippen molar-refractivity contribution in [3.8, 4) is 0 Å². The Kier molecular flexibility index (Phi) is 5.17. The number of aryl methyl sites for hydroxylation is 1. The quantitative estimate of drug-likeness (QED) is 0.893. The molecule has 1 aromatic heterocycles. The molecule has 5 heteroatoms. The zero-order chi connectivity index (χ0) is 14.5. The van der Waals surface area contributed by atoms with Gasteiger partial charge in [-0.25, -0.2) is 4.98 Å². The third kappa shape index (κ3) is 3.82. The lowest BCUT2D eigenvalue weighted by molar-refractivity contribution is 0.270. The highest BCUT2D eigenvalue weighted by atomic mass is 15.3. The predicted octanol–water partition coefficient (Wildman–Crippen LogP) is 2.14. The maximum atomic E-state index is 4.68. The number of hydrogen-bond donors (Lipinski definition) is 1. The molecule has 1 N–H and O–H groups in total. The fourth-order valence-corrected chi connectivity index (χ4v) is 2.39. The monoisotopic (exact) mass is 277 g/mol. The third-order valence-electron chi connectivity index (χ3n) is 3.97. The van der Waals surface area contributed by atoms with E-state index < -0.39 is 0 Å². The van der Waals surface area contributed by atoms with Crippen molar-refractivity contribution < 1.29 is 0 Å². The Morgan fingerprint density at radius 2 is 1.90 bits per heavy atom. The Morgan fingerprint density at radius 3 is 2.50 bits per heavy atom. The standard InChI is InChI=1S/C15H27N5/c1-5-12(3)16-15-17-13(4)11-14(18-15)20-9-7-19(6-2)8-10-20/h11-12H,5-10H2,1-4H3,(H,16,17,18). The van der Waals surface area contributed by atoms with Crippen LogP contribution in [0.4, 0.5) is 11.8 Å². The van der Waals surface area contributed by atoms with Gasteiger partial charge in [0, 0.05) is 44.0 Å². The molecule has 2 rings (SSSR count). The lowest BCUT2D eigenvalue weighted by Crippen LogP contribution is -2.46. The van der Waals surface area contributed by atoms with Crippen LogP contribution in [0.2, 0.25) is 0 Å². The molecule has 1 saturated heterocycles. The van der Waals surface area contributed by atoms with Crippen LogP contribution in [-0.4, -0.2) is 53.6 Å². The number of nitrogens with one attached hydrogen (secondary N) is 1. The molecule has 1 aromatic rings. The van der Waals surface area contributed by atoms with Gasteiger partial charge in [-0.3, -0.25) is 0 Å². The zero-order valence-corrected chi connectivity index (χ0v) is 13.2. The van der Waals surface area contributed by atoms with Gasteiger partial charge in [0.05, 0.1) is 0 Å². The summed E-state index contributed by atoms with van der Waals surface area (Å²) >= 11 is 0. The van der Waals surface area contributed by atoms with E-state index in [-0.39, 0.29) is 0 Å². The smallest absolute Gasteiger partial charge is 0.225 e. The van der Waals surface area contributed by atoms with E-state index in [0.717, 1.165) is 56.6 Å². The van der Waals surface area contributed by atoms with Crippen LogP contribution >= 0.6 is 0 Å². The van der Waals surface area contributed by atoms with Crippen molar-refractivity contribution in [2.24, 2.45) is 0 Å². The van der Waals surface area contributed by atoms with E-state index in [1.165, 1.54) is 0 Å². The Morgan fingerprint density at radius 1 is 1.20 bits per heavy atom. The topological polar surface area (TPSA) is 44.3 Å². The van der Waals surface area contributed by atoms with Crippen molar-refractivity contribution in [3.63, 3.8) is 0 Å². The van der Waals surface area contributed by atoms with Crippen molar-refractivity contribution in [1.29, 1.82) is 0 Å². The molecule has 1 fully saturated rings. The van der Waals surface area contributed by atoms with Crippen molar-refractivity contribution in [2.75, 3.05) is 42.9 Å². The first-order valence-electron chi connectivity index (χ1n) is 7.72. The normalized spacial score (nSPS) is 18.1. The molecule has 0 aliphatic carbocycles. The van der Waals surface area contributed by atoms with Crippen LogP contribution in [0, 0.1) is 6.92 Å². The molecule has 20 heavy (non-hydrogen) atoms. The van der Waals surface area contributed by atoms with E-state index in [4.69, 9.17) is 0 Å². The van der Waals surface area contributed by atoms with Crippen LogP contribution in [0.1, 0.15) is 32.9 Å². The highest BCUT2D eigenvalue weighted by Crippen LogP contribution is 2.17. The van der Waals surface area contributed by atoms with Gasteiger partial charge in [-0.2, -0.15) is 4.98 Å². The molecule has 0 aromatic carbocycles. The van der Waals surface area contributed by atoms with Crippen molar-refractivity contribution in [2.45, 2.75) is 40.2 Å². The molecule has 1 aliphatic heterocycles. The Balaban J connectivity index is 2.08. The van der Waals surface area contributed by atoms with Gasteiger partial charge in [-0.05, 0) is 26.8 Å². The van der Waals surface area contributed by atoms with E-state index in [1.54, 1.807) is 0 Å². The first-order valence-corrected chi connectivity index (χ1v) is 7.72. The summed E-state index contributed by atoms with van der Waals surface area (Å²) in [4.78, 5) is 14.0. The van der Waals surface area contributed by atoms with E-state index in [1.807, 2.05) is 6.92 Å². The van der Waals surface area contributed by atoms with Crippen molar-refractivity contribution >= 4 is 11.8 Å². The molecule has 1 unspecified atom stereocenters. The molecular weight excluding hydrogens is 250 g/mol. The SMILES string of the molecule is CCC(C)Nc1nc(C)cc(N2CCN(CC)CC2)n1. The molecule has 0 spiro atoms. The summed E-state index contributed by atoms with van der Waals surface area (Å²) in [6.07, 6.45) is 1.07. The van der Waals surface area contributed by atoms with E-state index in [9.17, 15) is 0 Å². The molecule has 112 valence electrons. The predicted molar refractivity (Wildman–Crippen MR) is 84.5 cm³/mol. The summed E-state index contributed by atoms with van der Waals surface area (Å²) in [5.74, 6) is 1.81. The Hall–Kier alpha value is -1.36. The Labute approximate surface area is 122 Å². The van der Waals surface area contributed by atoms with Gasteiger partial charge in [0.15, 0.2) is 0 Å². The number of rotatable bonds is 5. The van der Waals surface area contributed by atoms with Gasteiger partial charge in [-0.1, -0.05) is 13.8 Å². The second-order valence-corrected chi connectivity index (χ2v) is 5.57. The minimum atomic E-state index is 0.404. The first-order chi connectivity index (χ1) is 9.62. The molecular formula is C15H27N5. The lowest BCUT2D eigenvalue weighted by atomic mass is 10.2.